The number of nitrogens with one attached hydrogen (secondary N) is 1. The van der Waals surface area contributed by atoms with Crippen LogP contribution in [-0.2, 0) is 4.79 Å². The van der Waals surface area contributed by atoms with Gasteiger partial charge in [0.05, 0.1) is 4.99 Å². The fourth-order valence-corrected chi connectivity index (χ4v) is 0.743. The standard InChI is InChI=1S/C7H14N2OS/c1-2-3-7(10)9-5-4-6(8)11/h2-5H2,1H3,(H2,8,11)(H,9,10). The van der Waals surface area contributed by atoms with Crippen molar-refractivity contribution in [3.8, 4) is 0 Å². The van der Waals surface area contributed by atoms with Crippen LogP contribution < -0.4 is 11.1 Å². The summed E-state index contributed by atoms with van der Waals surface area (Å²) in [6.07, 6.45) is 2.04. The van der Waals surface area contributed by atoms with Crippen molar-refractivity contribution in [2.45, 2.75) is 26.2 Å². The van der Waals surface area contributed by atoms with Gasteiger partial charge < -0.3 is 11.1 Å². The Kier molecular flexibility index (Phi) is 5.74. The van der Waals surface area contributed by atoms with E-state index >= 15 is 0 Å². The van der Waals surface area contributed by atoms with E-state index in [0.717, 1.165) is 6.42 Å². The van der Waals surface area contributed by atoms with Crippen molar-refractivity contribution in [3.05, 3.63) is 0 Å². The highest BCUT2D eigenvalue weighted by Gasteiger charge is 1.97. The van der Waals surface area contributed by atoms with Crippen LogP contribution in [0, 0.1) is 0 Å². The molecular weight excluding hydrogens is 160 g/mol. The Bertz CT molecular complexity index is 147. The number of thiocarbonyl (C=S) groups is 1. The van der Waals surface area contributed by atoms with Crippen molar-refractivity contribution in [1.82, 2.24) is 5.32 Å². The molecule has 0 aliphatic rings. The van der Waals surface area contributed by atoms with Gasteiger partial charge in [-0.15, -0.1) is 0 Å². The molecule has 0 aromatic rings. The second-order valence-corrected chi connectivity index (χ2v) is 2.84. The molecule has 0 aliphatic carbocycles. The van der Waals surface area contributed by atoms with E-state index in [2.05, 4.69) is 17.5 Å². The Morgan fingerprint density at radius 2 is 2.18 bits per heavy atom. The van der Waals surface area contributed by atoms with Crippen LogP contribution in [0.2, 0.25) is 0 Å². The molecule has 4 heteroatoms. The molecule has 0 spiro atoms. The lowest BCUT2D eigenvalue weighted by molar-refractivity contribution is -0.121. The fourth-order valence-electron chi connectivity index (χ4n) is 0.641. The number of amides is 1. The Labute approximate surface area is 72.3 Å². The second kappa shape index (κ2) is 6.09. The second-order valence-electron chi connectivity index (χ2n) is 2.32. The van der Waals surface area contributed by atoms with E-state index < -0.39 is 0 Å². The summed E-state index contributed by atoms with van der Waals surface area (Å²) < 4.78 is 0. The average Bonchev–Trinajstić information content (AvgIpc) is 1.87. The van der Waals surface area contributed by atoms with Gasteiger partial charge in [-0.25, -0.2) is 0 Å². The van der Waals surface area contributed by atoms with E-state index in [0.29, 0.717) is 24.4 Å². The summed E-state index contributed by atoms with van der Waals surface area (Å²) in [7, 11) is 0. The minimum atomic E-state index is 0.0729. The van der Waals surface area contributed by atoms with E-state index in [4.69, 9.17) is 5.73 Å². The highest BCUT2D eigenvalue weighted by atomic mass is 32.1. The van der Waals surface area contributed by atoms with Gasteiger partial charge in [0, 0.05) is 19.4 Å². The summed E-state index contributed by atoms with van der Waals surface area (Å²) in [5.74, 6) is 0.0729. The highest BCUT2D eigenvalue weighted by molar-refractivity contribution is 7.80. The van der Waals surface area contributed by atoms with Crippen LogP contribution in [0.15, 0.2) is 0 Å². The molecule has 0 aromatic heterocycles. The molecule has 0 radical (unpaired) electrons. The average molecular weight is 174 g/mol. The third kappa shape index (κ3) is 7.25. The van der Waals surface area contributed by atoms with Gasteiger partial charge in [-0.2, -0.15) is 0 Å². The highest BCUT2D eigenvalue weighted by Crippen LogP contribution is 1.85. The van der Waals surface area contributed by atoms with Crippen molar-refractivity contribution in [2.24, 2.45) is 5.73 Å². The largest absolute Gasteiger partial charge is 0.393 e. The first-order chi connectivity index (χ1) is 5.16. The van der Waals surface area contributed by atoms with E-state index in [9.17, 15) is 4.79 Å². The molecule has 0 atom stereocenters. The molecule has 0 heterocycles. The van der Waals surface area contributed by atoms with Gasteiger partial charge in [-0.05, 0) is 6.42 Å². The molecule has 0 aromatic carbocycles. The molecule has 0 saturated carbocycles. The van der Waals surface area contributed by atoms with E-state index in [1.54, 1.807) is 0 Å². The fraction of sp³-hybridized carbons (Fsp3) is 0.714. The SMILES string of the molecule is CCCC(=O)NCCC(N)=S. The lowest BCUT2D eigenvalue weighted by atomic mass is 10.3. The first kappa shape index (κ1) is 10.4. The molecule has 3 nitrogen and oxygen atoms in total. The minimum Gasteiger partial charge on any atom is -0.393 e. The van der Waals surface area contributed by atoms with Gasteiger partial charge in [0.25, 0.3) is 0 Å². The summed E-state index contributed by atoms with van der Waals surface area (Å²) in [5, 5.41) is 2.71. The normalized spacial score (nSPS) is 9.18. The molecule has 0 saturated heterocycles. The van der Waals surface area contributed by atoms with Gasteiger partial charge >= 0.3 is 0 Å². The molecule has 64 valence electrons. The number of hydrogen-bond donors (Lipinski definition) is 2. The van der Waals surface area contributed by atoms with E-state index in [-0.39, 0.29) is 5.91 Å². The van der Waals surface area contributed by atoms with Gasteiger partial charge in [-0.1, -0.05) is 19.1 Å². The third-order valence-electron chi connectivity index (χ3n) is 1.17. The number of nitrogens with two attached hydrogens (primary N) is 1. The summed E-state index contributed by atoms with van der Waals surface area (Å²) in [4.78, 5) is 11.3. The van der Waals surface area contributed by atoms with Crippen LogP contribution in [0.4, 0.5) is 0 Å². The van der Waals surface area contributed by atoms with Crippen molar-refractivity contribution < 1.29 is 4.79 Å². The monoisotopic (exact) mass is 174 g/mol. The van der Waals surface area contributed by atoms with Crippen molar-refractivity contribution >= 4 is 23.1 Å². The topological polar surface area (TPSA) is 55.1 Å². The number of carbonyl (C=O) groups is 1. The zero-order valence-corrected chi connectivity index (χ0v) is 7.54. The smallest absolute Gasteiger partial charge is 0.219 e. The predicted molar refractivity (Wildman–Crippen MR) is 49.3 cm³/mol. The van der Waals surface area contributed by atoms with Crippen LogP contribution in [0.1, 0.15) is 26.2 Å². The van der Waals surface area contributed by atoms with Crippen LogP contribution in [-0.4, -0.2) is 17.4 Å². The number of rotatable bonds is 5. The van der Waals surface area contributed by atoms with E-state index in [1.807, 2.05) is 6.92 Å². The molecule has 0 fully saturated rings. The van der Waals surface area contributed by atoms with Crippen molar-refractivity contribution in [3.63, 3.8) is 0 Å². The maximum absolute atomic E-state index is 10.8. The maximum Gasteiger partial charge on any atom is 0.219 e. The molecule has 3 N–H and O–H groups in total. The Morgan fingerprint density at radius 3 is 2.64 bits per heavy atom. The Hall–Kier alpha value is -0.640. The first-order valence-corrected chi connectivity index (χ1v) is 4.12. The molecule has 1 amide bonds. The van der Waals surface area contributed by atoms with Gasteiger partial charge in [0.2, 0.25) is 5.91 Å². The zero-order valence-electron chi connectivity index (χ0n) is 6.72. The van der Waals surface area contributed by atoms with Crippen LogP contribution in [0.25, 0.3) is 0 Å². The predicted octanol–water partition coefficient (Wildman–Crippen LogP) is 0.579. The lowest BCUT2D eigenvalue weighted by Crippen LogP contribution is -2.26. The zero-order chi connectivity index (χ0) is 8.69. The van der Waals surface area contributed by atoms with Gasteiger partial charge in [-0.3, -0.25) is 4.79 Å². The molecule has 0 aliphatic heterocycles. The number of carbonyl (C=O) groups excluding carboxylic acids is 1. The minimum absolute atomic E-state index is 0.0729. The quantitative estimate of drug-likeness (QED) is 0.599. The summed E-state index contributed by atoms with van der Waals surface area (Å²) in [5.41, 5.74) is 5.23. The maximum atomic E-state index is 10.8. The van der Waals surface area contributed by atoms with Gasteiger partial charge in [0.15, 0.2) is 0 Å². The Morgan fingerprint density at radius 1 is 1.55 bits per heavy atom. The van der Waals surface area contributed by atoms with Crippen LogP contribution >= 0.6 is 12.2 Å². The van der Waals surface area contributed by atoms with Crippen LogP contribution in [0.5, 0.6) is 0 Å². The molecular formula is C7H14N2OS. The summed E-state index contributed by atoms with van der Waals surface area (Å²) in [6, 6.07) is 0. The molecule has 11 heavy (non-hydrogen) atoms. The first-order valence-electron chi connectivity index (χ1n) is 3.71. The summed E-state index contributed by atoms with van der Waals surface area (Å²) >= 11 is 4.64. The molecule has 0 rings (SSSR count). The molecule has 0 unspecified atom stereocenters. The Balaban J connectivity index is 3.24. The summed E-state index contributed by atoms with van der Waals surface area (Å²) in [6.45, 7) is 2.53. The van der Waals surface area contributed by atoms with Crippen molar-refractivity contribution in [2.75, 3.05) is 6.54 Å². The molecule has 0 bridgehead atoms. The third-order valence-corrected chi connectivity index (χ3v) is 1.37. The van der Waals surface area contributed by atoms with Crippen LogP contribution in [0.3, 0.4) is 0 Å². The lowest BCUT2D eigenvalue weighted by Gasteiger charge is -2.01. The van der Waals surface area contributed by atoms with Crippen molar-refractivity contribution in [1.29, 1.82) is 0 Å². The van der Waals surface area contributed by atoms with Gasteiger partial charge in [0.1, 0.15) is 0 Å². The van der Waals surface area contributed by atoms with E-state index in [1.165, 1.54) is 0 Å². The number of hydrogen-bond acceptors (Lipinski definition) is 2.